The summed E-state index contributed by atoms with van der Waals surface area (Å²) in [6.07, 6.45) is 2.00. The summed E-state index contributed by atoms with van der Waals surface area (Å²) in [4.78, 5) is 26.2. The molecule has 0 radical (unpaired) electrons. The molecule has 0 aliphatic carbocycles. The first-order valence-corrected chi connectivity index (χ1v) is 6.45. The number of carboxylic acid groups (broad SMARTS) is 1. The Bertz CT molecular complexity index is 467. The third-order valence-corrected chi connectivity index (χ3v) is 2.44. The van der Waals surface area contributed by atoms with E-state index in [0.717, 1.165) is 0 Å². The molecule has 1 rings (SSSR count). The summed E-state index contributed by atoms with van der Waals surface area (Å²) in [5.74, 6) is -1.20. The molecular formula is C13H19N3O5. The predicted molar refractivity (Wildman–Crippen MR) is 75.5 cm³/mol. The summed E-state index contributed by atoms with van der Waals surface area (Å²) in [6, 6.07) is 2.54. The molecule has 3 N–H and O–H groups in total. The molecule has 1 aromatic rings. The molecule has 0 fully saturated rings. The Morgan fingerprint density at radius 3 is 2.86 bits per heavy atom. The highest BCUT2D eigenvalue weighted by Gasteiger charge is 2.12. The number of carboxylic acids is 1. The van der Waals surface area contributed by atoms with E-state index in [1.807, 2.05) is 0 Å². The standard InChI is InChI=1S/C13H19N3O5/c1-20-8-9-21-7-3-6-15-13(19)16-10-4-2-5-14-11(10)12(17)18/h2,4-5H,3,6-9H2,1H3,(H,17,18)(H2,15,16,19). The number of urea groups is 1. The number of hydrogen-bond acceptors (Lipinski definition) is 5. The molecule has 0 aliphatic heterocycles. The van der Waals surface area contributed by atoms with Crippen molar-refractivity contribution >= 4 is 17.7 Å². The number of anilines is 1. The van der Waals surface area contributed by atoms with Crippen LogP contribution in [-0.2, 0) is 9.47 Å². The van der Waals surface area contributed by atoms with Gasteiger partial charge in [-0.2, -0.15) is 0 Å². The Morgan fingerprint density at radius 2 is 2.14 bits per heavy atom. The average Bonchev–Trinajstić information content (AvgIpc) is 2.46. The first kappa shape index (κ1) is 16.9. The molecule has 21 heavy (non-hydrogen) atoms. The van der Waals surface area contributed by atoms with Crippen LogP contribution in [0.4, 0.5) is 10.5 Å². The predicted octanol–water partition coefficient (Wildman–Crippen LogP) is 0.954. The molecule has 0 unspecified atom stereocenters. The summed E-state index contributed by atoms with van der Waals surface area (Å²) in [5.41, 5.74) is -0.0469. The van der Waals surface area contributed by atoms with Crippen LogP contribution >= 0.6 is 0 Å². The van der Waals surface area contributed by atoms with Crippen LogP contribution < -0.4 is 10.6 Å². The monoisotopic (exact) mass is 297 g/mol. The third kappa shape index (κ3) is 6.68. The normalized spacial score (nSPS) is 10.1. The number of pyridine rings is 1. The number of methoxy groups -OCH3 is 1. The molecule has 8 nitrogen and oxygen atoms in total. The van der Waals surface area contributed by atoms with Gasteiger partial charge >= 0.3 is 12.0 Å². The molecule has 1 aromatic heterocycles. The topological polar surface area (TPSA) is 110 Å². The van der Waals surface area contributed by atoms with Gasteiger partial charge in [-0.3, -0.25) is 0 Å². The van der Waals surface area contributed by atoms with Crippen molar-refractivity contribution in [2.75, 3.05) is 38.8 Å². The molecule has 0 saturated heterocycles. The second kappa shape index (κ2) is 9.67. The van der Waals surface area contributed by atoms with Gasteiger partial charge < -0.3 is 25.2 Å². The largest absolute Gasteiger partial charge is 0.476 e. The number of carbonyl (C=O) groups is 2. The van der Waals surface area contributed by atoms with E-state index in [9.17, 15) is 9.59 Å². The molecule has 0 bridgehead atoms. The molecule has 0 aromatic carbocycles. The maximum atomic E-state index is 11.6. The first-order chi connectivity index (χ1) is 10.1. The summed E-state index contributed by atoms with van der Waals surface area (Å²) in [5, 5.41) is 14.0. The molecule has 8 heteroatoms. The minimum absolute atomic E-state index is 0.152. The molecule has 1 heterocycles. The van der Waals surface area contributed by atoms with E-state index in [-0.39, 0.29) is 11.4 Å². The highest BCUT2D eigenvalue weighted by atomic mass is 16.5. The van der Waals surface area contributed by atoms with Gasteiger partial charge in [0.2, 0.25) is 0 Å². The van der Waals surface area contributed by atoms with E-state index in [1.54, 1.807) is 13.2 Å². The van der Waals surface area contributed by atoms with E-state index in [1.165, 1.54) is 12.3 Å². The lowest BCUT2D eigenvalue weighted by atomic mass is 10.3. The fourth-order valence-electron chi connectivity index (χ4n) is 1.46. The smallest absolute Gasteiger partial charge is 0.356 e. The van der Waals surface area contributed by atoms with Gasteiger partial charge in [-0.05, 0) is 18.6 Å². The number of nitrogens with one attached hydrogen (secondary N) is 2. The lowest BCUT2D eigenvalue weighted by Crippen LogP contribution is -2.30. The first-order valence-electron chi connectivity index (χ1n) is 6.45. The second-order valence-electron chi connectivity index (χ2n) is 4.04. The molecule has 0 saturated carbocycles. The Balaban J connectivity index is 2.27. The summed E-state index contributed by atoms with van der Waals surface area (Å²) < 4.78 is 10.1. The van der Waals surface area contributed by atoms with Crippen molar-refractivity contribution in [3.63, 3.8) is 0 Å². The van der Waals surface area contributed by atoms with Crippen LogP contribution in [0.15, 0.2) is 18.3 Å². The Labute approximate surface area is 122 Å². The Morgan fingerprint density at radius 1 is 1.33 bits per heavy atom. The Kier molecular flexibility index (Phi) is 7.77. The zero-order valence-corrected chi connectivity index (χ0v) is 11.8. The van der Waals surface area contributed by atoms with Crippen molar-refractivity contribution in [2.45, 2.75) is 6.42 Å². The molecular weight excluding hydrogens is 278 g/mol. The van der Waals surface area contributed by atoms with Gasteiger partial charge in [-0.1, -0.05) is 0 Å². The number of amides is 2. The quantitative estimate of drug-likeness (QED) is 0.585. The lowest BCUT2D eigenvalue weighted by Gasteiger charge is -2.09. The molecule has 0 aliphatic rings. The van der Waals surface area contributed by atoms with Gasteiger partial charge in [0, 0.05) is 26.5 Å². The van der Waals surface area contributed by atoms with Gasteiger partial charge in [-0.15, -0.1) is 0 Å². The van der Waals surface area contributed by atoms with Crippen molar-refractivity contribution < 1.29 is 24.2 Å². The van der Waals surface area contributed by atoms with Crippen molar-refractivity contribution in [2.24, 2.45) is 0 Å². The van der Waals surface area contributed by atoms with Crippen molar-refractivity contribution in [1.29, 1.82) is 0 Å². The summed E-state index contributed by atoms with van der Waals surface area (Å²) >= 11 is 0. The van der Waals surface area contributed by atoms with Crippen LogP contribution in [0.2, 0.25) is 0 Å². The van der Waals surface area contributed by atoms with Crippen LogP contribution in [0, 0.1) is 0 Å². The van der Waals surface area contributed by atoms with Crippen molar-refractivity contribution in [1.82, 2.24) is 10.3 Å². The molecule has 2 amide bonds. The SMILES string of the molecule is COCCOCCCNC(=O)Nc1cccnc1C(=O)O. The van der Waals surface area contributed by atoms with E-state index < -0.39 is 12.0 Å². The van der Waals surface area contributed by atoms with Crippen molar-refractivity contribution in [3.05, 3.63) is 24.0 Å². The minimum Gasteiger partial charge on any atom is -0.476 e. The van der Waals surface area contributed by atoms with Gasteiger partial charge in [0.05, 0.1) is 18.9 Å². The highest BCUT2D eigenvalue weighted by molar-refractivity contribution is 5.98. The van der Waals surface area contributed by atoms with Gasteiger partial charge in [0.1, 0.15) is 0 Å². The number of aromatic nitrogens is 1. The average molecular weight is 297 g/mol. The highest BCUT2D eigenvalue weighted by Crippen LogP contribution is 2.11. The fraction of sp³-hybridized carbons (Fsp3) is 0.462. The van der Waals surface area contributed by atoms with Crippen LogP contribution in [-0.4, -0.2) is 55.6 Å². The fourth-order valence-corrected chi connectivity index (χ4v) is 1.46. The number of hydrogen-bond donors (Lipinski definition) is 3. The molecule has 0 atom stereocenters. The van der Waals surface area contributed by atoms with E-state index in [2.05, 4.69) is 15.6 Å². The third-order valence-electron chi connectivity index (χ3n) is 2.44. The summed E-state index contributed by atoms with van der Waals surface area (Å²) in [7, 11) is 1.60. The van der Waals surface area contributed by atoms with Crippen LogP contribution in [0.1, 0.15) is 16.9 Å². The van der Waals surface area contributed by atoms with Crippen LogP contribution in [0.3, 0.4) is 0 Å². The zero-order chi connectivity index (χ0) is 15.5. The Hall–Kier alpha value is -2.19. The van der Waals surface area contributed by atoms with E-state index >= 15 is 0 Å². The number of ether oxygens (including phenoxy) is 2. The second-order valence-corrected chi connectivity index (χ2v) is 4.04. The maximum Gasteiger partial charge on any atom is 0.356 e. The maximum absolute atomic E-state index is 11.6. The van der Waals surface area contributed by atoms with Crippen molar-refractivity contribution in [3.8, 4) is 0 Å². The van der Waals surface area contributed by atoms with E-state index in [0.29, 0.717) is 32.8 Å². The van der Waals surface area contributed by atoms with Gasteiger partial charge in [0.25, 0.3) is 0 Å². The van der Waals surface area contributed by atoms with Gasteiger partial charge in [-0.25, -0.2) is 14.6 Å². The molecule has 116 valence electrons. The van der Waals surface area contributed by atoms with Crippen LogP contribution in [0.5, 0.6) is 0 Å². The zero-order valence-electron chi connectivity index (χ0n) is 11.8. The van der Waals surface area contributed by atoms with Crippen LogP contribution in [0.25, 0.3) is 0 Å². The number of nitrogens with zero attached hydrogens (tertiary/aromatic N) is 1. The minimum atomic E-state index is -1.20. The number of carbonyl (C=O) groups excluding carboxylic acids is 1. The lowest BCUT2D eigenvalue weighted by molar-refractivity contribution is 0.0691. The number of aromatic carboxylic acids is 1. The van der Waals surface area contributed by atoms with Gasteiger partial charge in [0.15, 0.2) is 5.69 Å². The molecule has 0 spiro atoms. The summed E-state index contributed by atoms with van der Waals surface area (Å²) in [6.45, 7) is 1.98. The van der Waals surface area contributed by atoms with E-state index in [4.69, 9.17) is 14.6 Å². The number of rotatable bonds is 9.